The van der Waals surface area contributed by atoms with Gasteiger partial charge in [-0.25, -0.2) is 0 Å². The van der Waals surface area contributed by atoms with Gasteiger partial charge in [0.25, 0.3) is 0 Å². The van der Waals surface area contributed by atoms with E-state index in [4.69, 9.17) is 0 Å². The van der Waals surface area contributed by atoms with Crippen LogP contribution in [0.4, 0.5) is 0 Å². The molecule has 1 N–H and O–H groups in total. The van der Waals surface area contributed by atoms with Crippen LogP contribution in [0.25, 0.3) is 0 Å². The Labute approximate surface area is 99.0 Å². The lowest BCUT2D eigenvalue weighted by Crippen LogP contribution is -2.31. The molecule has 1 fully saturated rings. The van der Waals surface area contributed by atoms with Gasteiger partial charge in [-0.1, -0.05) is 28.1 Å². The van der Waals surface area contributed by atoms with Crippen molar-refractivity contribution in [1.82, 2.24) is 4.90 Å². The number of nitrogens with zero attached hydrogens (tertiary/aromatic N) is 1. The molecule has 1 aromatic carbocycles. The zero-order chi connectivity index (χ0) is 10.7. The maximum Gasteiger partial charge on any atom is 0.0587 e. The zero-order valence-electron chi connectivity index (χ0n) is 8.69. The highest BCUT2D eigenvalue weighted by Crippen LogP contribution is 2.20. The lowest BCUT2D eigenvalue weighted by atomic mass is 10.2. The average molecular weight is 270 g/mol. The number of halogens is 1. The number of rotatable bonds is 3. The van der Waals surface area contributed by atoms with E-state index >= 15 is 0 Å². The third-order valence-electron chi connectivity index (χ3n) is 3.01. The van der Waals surface area contributed by atoms with Crippen LogP contribution in [0.5, 0.6) is 0 Å². The van der Waals surface area contributed by atoms with E-state index < -0.39 is 0 Å². The summed E-state index contributed by atoms with van der Waals surface area (Å²) in [5.41, 5.74) is 1.32. The SMILES string of the molecule is OCC1CCCN1Cc1ccc(Br)cc1. The van der Waals surface area contributed by atoms with Crippen LogP contribution in [0.2, 0.25) is 0 Å². The summed E-state index contributed by atoms with van der Waals surface area (Å²) in [6.45, 7) is 2.36. The van der Waals surface area contributed by atoms with Gasteiger partial charge in [0.1, 0.15) is 0 Å². The molecule has 1 aromatic rings. The van der Waals surface area contributed by atoms with Crippen molar-refractivity contribution in [2.75, 3.05) is 13.2 Å². The second-order valence-electron chi connectivity index (χ2n) is 4.08. The fourth-order valence-electron chi connectivity index (χ4n) is 2.13. The van der Waals surface area contributed by atoms with Crippen molar-refractivity contribution in [2.24, 2.45) is 0 Å². The number of likely N-dealkylation sites (tertiary alicyclic amines) is 1. The van der Waals surface area contributed by atoms with Gasteiger partial charge >= 0.3 is 0 Å². The van der Waals surface area contributed by atoms with Crippen LogP contribution >= 0.6 is 15.9 Å². The maximum absolute atomic E-state index is 9.21. The Morgan fingerprint density at radius 1 is 1.33 bits per heavy atom. The average Bonchev–Trinajstić information content (AvgIpc) is 2.69. The van der Waals surface area contributed by atoms with Crippen LogP contribution < -0.4 is 0 Å². The first-order valence-corrected chi connectivity index (χ1v) is 6.18. The van der Waals surface area contributed by atoms with Gasteiger partial charge in [-0.05, 0) is 37.1 Å². The molecule has 1 aliphatic rings. The standard InChI is InChI=1S/C12H16BrNO/c13-11-5-3-10(4-6-11)8-14-7-1-2-12(14)9-15/h3-6,12,15H,1-2,7-9H2. The molecule has 3 heteroatoms. The lowest BCUT2D eigenvalue weighted by molar-refractivity contribution is 0.153. The summed E-state index contributed by atoms with van der Waals surface area (Å²) in [7, 11) is 0. The molecule has 2 nitrogen and oxygen atoms in total. The first-order valence-electron chi connectivity index (χ1n) is 5.39. The molecule has 0 amide bonds. The molecule has 2 rings (SSSR count). The first kappa shape index (κ1) is 11.1. The van der Waals surface area contributed by atoms with E-state index in [9.17, 15) is 5.11 Å². The van der Waals surface area contributed by atoms with Crippen molar-refractivity contribution in [3.05, 3.63) is 34.3 Å². The highest BCUT2D eigenvalue weighted by Gasteiger charge is 2.23. The molecule has 0 aliphatic carbocycles. The van der Waals surface area contributed by atoms with E-state index in [0.717, 1.165) is 24.0 Å². The summed E-state index contributed by atoms with van der Waals surface area (Å²) in [6, 6.07) is 8.78. The van der Waals surface area contributed by atoms with E-state index in [1.807, 2.05) is 0 Å². The summed E-state index contributed by atoms with van der Waals surface area (Å²) >= 11 is 3.43. The van der Waals surface area contributed by atoms with Crippen molar-refractivity contribution >= 4 is 15.9 Å². The molecule has 1 unspecified atom stereocenters. The third-order valence-corrected chi connectivity index (χ3v) is 3.54. The van der Waals surface area contributed by atoms with E-state index in [2.05, 4.69) is 45.1 Å². The van der Waals surface area contributed by atoms with Crippen LogP contribution in [0.1, 0.15) is 18.4 Å². The van der Waals surface area contributed by atoms with Crippen LogP contribution in [0, 0.1) is 0 Å². The number of hydrogen-bond donors (Lipinski definition) is 1. The molecular weight excluding hydrogens is 254 g/mol. The van der Waals surface area contributed by atoms with Crippen molar-refractivity contribution in [3.63, 3.8) is 0 Å². The Morgan fingerprint density at radius 2 is 2.07 bits per heavy atom. The molecule has 0 spiro atoms. The number of benzene rings is 1. The molecular formula is C12H16BrNO. The van der Waals surface area contributed by atoms with Gasteiger partial charge in [-0.3, -0.25) is 4.90 Å². The summed E-state index contributed by atoms with van der Waals surface area (Å²) in [6.07, 6.45) is 2.34. The minimum absolute atomic E-state index is 0.288. The normalized spacial score (nSPS) is 22.1. The Kier molecular flexibility index (Phi) is 3.78. The van der Waals surface area contributed by atoms with Crippen molar-refractivity contribution in [2.45, 2.75) is 25.4 Å². The van der Waals surface area contributed by atoms with Crippen LogP contribution in [-0.4, -0.2) is 29.2 Å². The molecule has 0 radical (unpaired) electrons. The summed E-state index contributed by atoms with van der Waals surface area (Å²) in [5.74, 6) is 0. The third kappa shape index (κ3) is 2.80. The minimum Gasteiger partial charge on any atom is -0.395 e. The first-order chi connectivity index (χ1) is 7.29. The molecule has 1 heterocycles. The number of aliphatic hydroxyl groups excluding tert-OH is 1. The molecule has 1 aliphatic heterocycles. The molecule has 1 atom stereocenters. The Balaban J connectivity index is 1.99. The largest absolute Gasteiger partial charge is 0.395 e. The van der Waals surface area contributed by atoms with E-state index in [1.165, 1.54) is 12.0 Å². The summed E-state index contributed by atoms with van der Waals surface area (Å²) < 4.78 is 1.12. The highest BCUT2D eigenvalue weighted by atomic mass is 79.9. The molecule has 1 saturated heterocycles. The monoisotopic (exact) mass is 269 g/mol. The second kappa shape index (κ2) is 5.10. The van der Waals surface area contributed by atoms with Crippen molar-refractivity contribution in [3.8, 4) is 0 Å². The van der Waals surface area contributed by atoms with Gasteiger partial charge in [0.2, 0.25) is 0 Å². The summed E-state index contributed by atoms with van der Waals surface area (Å²) in [4.78, 5) is 2.36. The van der Waals surface area contributed by atoms with Crippen molar-refractivity contribution < 1.29 is 5.11 Å². The van der Waals surface area contributed by atoms with Crippen molar-refractivity contribution in [1.29, 1.82) is 0 Å². The second-order valence-corrected chi connectivity index (χ2v) is 4.99. The van der Waals surface area contributed by atoms with Crippen LogP contribution in [-0.2, 0) is 6.54 Å². The predicted molar refractivity (Wildman–Crippen MR) is 64.7 cm³/mol. The van der Waals surface area contributed by atoms with Gasteiger partial charge < -0.3 is 5.11 Å². The van der Waals surface area contributed by atoms with E-state index in [1.54, 1.807) is 0 Å². The Bertz CT molecular complexity index is 312. The van der Waals surface area contributed by atoms with Crippen LogP contribution in [0.15, 0.2) is 28.7 Å². The molecule has 0 aromatic heterocycles. The molecule has 0 bridgehead atoms. The number of aliphatic hydroxyl groups is 1. The van der Waals surface area contributed by atoms with Gasteiger partial charge in [-0.2, -0.15) is 0 Å². The van der Waals surface area contributed by atoms with Gasteiger partial charge in [-0.15, -0.1) is 0 Å². The quantitative estimate of drug-likeness (QED) is 0.911. The van der Waals surface area contributed by atoms with Gasteiger partial charge in [0, 0.05) is 17.1 Å². The topological polar surface area (TPSA) is 23.5 Å². The Morgan fingerprint density at radius 3 is 2.73 bits per heavy atom. The molecule has 0 saturated carbocycles. The predicted octanol–water partition coefficient (Wildman–Crippen LogP) is 2.41. The van der Waals surface area contributed by atoms with Crippen LogP contribution in [0.3, 0.4) is 0 Å². The van der Waals surface area contributed by atoms with Gasteiger partial charge in [0.05, 0.1) is 6.61 Å². The fraction of sp³-hybridized carbons (Fsp3) is 0.500. The smallest absolute Gasteiger partial charge is 0.0587 e. The van der Waals surface area contributed by atoms with E-state index in [0.29, 0.717) is 6.04 Å². The zero-order valence-corrected chi connectivity index (χ0v) is 10.3. The summed E-state index contributed by atoms with van der Waals surface area (Å²) in [5, 5.41) is 9.21. The minimum atomic E-state index is 0.288. The Hall–Kier alpha value is -0.380. The van der Waals surface area contributed by atoms with Gasteiger partial charge in [0.15, 0.2) is 0 Å². The maximum atomic E-state index is 9.21. The highest BCUT2D eigenvalue weighted by molar-refractivity contribution is 9.10. The fourth-order valence-corrected chi connectivity index (χ4v) is 2.40. The van der Waals surface area contributed by atoms with E-state index in [-0.39, 0.29) is 6.61 Å². The molecule has 15 heavy (non-hydrogen) atoms. The molecule has 82 valence electrons. The number of hydrogen-bond acceptors (Lipinski definition) is 2. The lowest BCUT2D eigenvalue weighted by Gasteiger charge is -2.22.